The van der Waals surface area contributed by atoms with Crippen LogP contribution in [0.1, 0.15) is 31.2 Å². The fourth-order valence-corrected chi connectivity index (χ4v) is 4.83. The van der Waals surface area contributed by atoms with Crippen molar-refractivity contribution in [1.29, 1.82) is 0 Å². The standard InChI is InChI=1S/C15H23NO3S2/c1-20-14-4-2-3-13(11-14)16-21(18,19)15-7-5-12(6-8-15)9-10-17/h5-8,13-14,16-17H,2-4,9-11H2,1H3. The Kier molecular flexibility index (Phi) is 6.10. The van der Waals surface area contributed by atoms with Gasteiger partial charge >= 0.3 is 0 Å². The quantitative estimate of drug-likeness (QED) is 0.839. The van der Waals surface area contributed by atoms with Crippen LogP contribution < -0.4 is 4.72 Å². The molecular formula is C15H23NO3S2. The predicted molar refractivity (Wildman–Crippen MR) is 87.1 cm³/mol. The first-order chi connectivity index (χ1) is 10.0. The molecule has 1 aliphatic rings. The lowest BCUT2D eigenvalue weighted by atomic mass is 9.96. The van der Waals surface area contributed by atoms with E-state index in [2.05, 4.69) is 11.0 Å². The molecule has 0 amide bonds. The lowest BCUT2D eigenvalue weighted by molar-refractivity contribution is 0.299. The zero-order valence-corrected chi connectivity index (χ0v) is 13.9. The van der Waals surface area contributed by atoms with Crippen LogP contribution in [0, 0.1) is 0 Å². The minimum absolute atomic E-state index is 0.0401. The highest BCUT2D eigenvalue weighted by Gasteiger charge is 2.26. The average Bonchev–Trinajstić information content (AvgIpc) is 2.48. The molecule has 1 saturated carbocycles. The van der Waals surface area contributed by atoms with Gasteiger partial charge in [-0.1, -0.05) is 18.6 Å². The second-order valence-corrected chi connectivity index (χ2v) is 8.31. The Bertz CT molecular complexity index is 543. The Morgan fingerprint density at radius 2 is 2.00 bits per heavy atom. The summed E-state index contributed by atoms with van der Waals surface area (Å²) in [5, 5.41) is 9.43. The van der Waals surface area contributed by atoms with Crippen LogP contribution in [-0.2, 0) is 16.4 Å². The molecule has 6 heteroatoms. The highest BCUT2D eigenvalue weighted by atomic mass is 32.2. The van der Waals surface area contributed by atoms with Crippen molar-refractivity contribution in [3.8, 4) is 0 Å². The number of nitrogens with one attached hydrogen (secondary N) is 1. The van der Waals surface area contributed by atoms with Crippen molar-refractivity contribution in [3.63, 3.8) is 0 Å². The number of thioether (sulfide) groups is 1. The molecular weight excluding hydrogens is 306 g/mol. The molecule has 21 heavy (non-hydrogen) atoms. The van der Waals surface area contributed by atoms with Crippen LogP contribution in [0.5, 0.6) is 0 Å². The lowest BCUT2D eigenvalue weighted by Crippen LogP contribution is -2.39. The molecule has 1 fully saturated rings. The van der Waals surface area contributed by atoms with Crippen molar-refractivity contribution in [3.05, 3.63) is 29.8 Å². The second kappa shape index (κ2) is 7.63. The molecule has 0 radical (unpaired) electrons. The summed E-state index contributed by atoms with van der Waals surface area (Å²) in [6, 6.07) is 6.79. The van der Waals surface area contributed by atoms with E-state index in [9.17, 15) is 8.42 Å². The van der Waals surface area contributed by atoms with E-state index >= 15 is 0 Å². The molecule has 118 valence electrons. The van der Waals surface area contributed by atoms with Gasteiger partial charge in [0.25, 0.3) is 0 Å². The highest BCUT2D eigenvalue weighted by Crippen LogP contribution is 2.27. The van der Waals surface area contributed by atoms with Gasteiger partial charge in [-0.3, -0.25) is 0 Å². The second-order valence-electron chi connectivity index (χ2n) is 5.46. The van der Waals surface area contributed by atoms with Crippen LogP contribution in [0.4, 0.5) is 0 Å². The van der Waals surface area contributed by atoms with Crippen LogP contribution in [0.2, 0.25) is 0 Å². The normalized spacial score (nSPS) is 23.1. The van der Waals surface area contributed by atoms with E-state index in [0.29, 0.717) is 16.6 Å². The minimum Gasteiger partial charge on any atom is -0.396 e. The molecule has 1 aliphatic carbocycles. The fraction of sp³-hybridized carbons (Fsp3) is 0.600. The third kappa shape index (κ3) is 4.71. The number of hydrogen-bond donors (Lipinski definition) is 2. The van der Waals surface area contributed by atoms with E-state index in [4.69, 9.17) is 5.11 Å². The molecule has 0 aromatic heterocycles. The van der Waals surface area contributed by atoms with Gasteiger partial charge in [-0.05, 0) is 49.6 Å². The number of benzene rings is 1. The molecule has 0 bridgehead atoms. The Morgan fingerprint density at radius 1 is 1.29 bits per heavy atom. The Morgan fingerprint density at radius 3 is 2.62 bits per heavy atom. The maximum atomic E-state index is 12.4. The topological polar surface area (TPSA) is 66.4 Å². The summed E-state index contributed by atoms with van der Waals surface area (Å²) in [5.74, 6) is 0. The third-order valence-electron chi connectivity index (χ3n) is 3.92. The van der Waals surface area contributed by atoms with Crippen LogP contribution in [0.3, 0.4) is 0 Å². The van der Waals surface area contributed by atoms with Crippen molar-refractivity contribution >= 4 is 21.8 Å². The molecule has 0 spiro atoms. The van der Waals surface area contributed by atoms with Gasteiger partial charge in [0.05, 0.1) is 4.90 Å². The maximum absolute atomic E-state index is 12.4. The predicted octanol–water partition coefficient (Wildman–Crippen LogP) is 2.17. The summed E-state index contributed by atoms with van der Waals surface area (Å²) >= 11 is 1.82. The summed E-state index contributed by atoms with van der Waals surface area (Å²) < 4.78 is 27.6. The first-order valence-corrected chi connectivity index (χ1v) is 10.1. The molecule has 4 nitrogen and oxygen atoms in total. The first kappa shape index (κ1) is 16.8. The van der Waals surface area contributed by atoms with Gasteiger partial charge in [-0.15, -0.1) is 0 Å². The van der Waals surface area contributed by atoms with Crippen LogP contribution in [0.25, 0.3) is 0 Å². The van der Waals surface area contributed by atoms with E-state index in [1.807, 2.05) is 11.8 Å². The molecule has 1 aromatic rings. The SMILES string of the molecule is CSC1CCCC(NS(=O)(=O)c2ccc(CCO)cc2)C1. The number of aliphatic hydroxyl groups excluding tert-OH is 1. The number of rotatable bonds is 6. The number of sulfonamides is 1. The van der Waals surface area contributed by atoms with Crippen molar-refractivity contribution in [2.75, 3.05) is 12.9 Å². The van der Waals surface area contributed by atoms with Crippen LogP contribution in [-0.4, -0.2) is 37.7 Å². The van der Waals surface area contributed by atoms with Crippen molar-refractivity contribution in [2.24, 2.45) is 0 Å². The minimum atomic E-state index is -3.45. The van der Waals surface area contributed by atoms with E-state index in [-0.39, 0.29) is 12.6 Å². The largest absolute Gasteiger partial charge is 0.396 e. The van der Waals surface area contributed by atoms with E-state index in [1.54, 1.807) is 24.3 Å². The highest BCUT2D eigenvalue weighted by molar-refractivity contribution is 7.99. The van der Waals surface area contributed by atoms with Gasteiger partial charge < -0.3 is 5.11 Å². The van der Waals surface area contributed by atoms with Gasteiger partial charge in [0.2, 0.25) is 10.0 Å². The molecule has 2 atom stereocenters. The van der Waals surface area contributed by atoms with Crippen LogP contribution >= 0.6 is 11.8 Å². The van der Waals surface area contributed by atoms with E-state index in [0.717, 1.165) is 24.8 Å². The van der Waals surface area contributed by atoms with Gasteiger partial charge in [0, 0.05) is 17.9 Å². The molecule has 0 heterocycles. The molecule has 2 N–H and O–H groups in total. The Balaban J connectivity index is 2.03. The van der Waals surface area contributed by atoms with Crippen molar-refractivity contribution in [2.45, 2.75) is 48.3 Å². The molecule has 1 aromatic carbocycles. The average molecular weight is 329 g/mol. The van der Waals surface area contributed by atoms with E-state index in [1.165, 1.54) is 6.42 Å². The van der Waals surface area contributed by atoms with Gasteiger partial charge in [-0.2, -0.15) is 11.8 Å². The zero-order chi connectivity index (χ0) is 15.3. The zero-order valence-electron chi connectivity index (χ0n) is 12.3. The maximum Gasteiger partial charge on any atom is 0.240 e. The van der Waals surface area contributed by atoms with E-state index < -0.39 is 10.0 Å². The first-order valence-electron chi connectivity index (χ1n) is 7.30. The Labute approximate surface area is 131 Å². The summed E-state index contributed by atoms with van der Waals surface area (Å²) in [6.45, 7) is 0.0719. The van der Waals surface area contributed by atoms with Crippen molar-refractivity contribution < 1.29 is 13.5 Å². The monoisotopic (exact) mass is 329 g/mol. The van der Waals surface area contributed by atoms with Gasteiger partial charge in [0.15, 0.2) is 0 Å². The molecule has 0 saturated heterocycles. The smallest absolute Gasteiger partial charge is 0.240 e. The lowest BCUT2D eigenvalue weighted by Gasteiger charge is -2.28. The van der Waals surface area contributed by atoms with Gasteiger partial charge in [0.1, 0.15) is 0 Å². The fourth-order valence-electron chi connectivity index (χ4n) is 2.72. The summed E-state index contributed by atoms with van der Waals surface area (Å²) in [4.78, 5) is 0.301. The molecule has 2 rings (SSSR count). The summed E-state index contributed by atoms with van der Waals surface area (Å²) in [6.07, 6.45) is 6.71. The summed E-state index contributed by atoms with van der Waals surface area (Å²) in [7, 11) is -3.45. The Hall–Kier alpha value is -0.560. The number of aliphatic hydroxyl groups is 1. The molecule has 2 unspecified atom stereocenters. The van der Waals surface area contributed by atoms with Crippen molar-refractivity contribution in [1.82, 2.24) is 4.72 Å². The molecule has 0 aliphatic heterocycles. The van der Waals surface area contributed by atoms with Crippen LogP contribution in [0.15, 0.2) is 29.2 Å². The number of hydrogen-bond acceptors (Lipinski definition) is 4. The third-order valence-corrected chi connectivity index (χ3v) is 6.55. The van der Waals surface area contributed by atoms with Gasteiger partial charge in [-0.25, -0.2) is 13.1 Å². The summed E-state index contributed by atoms with van der Waals surface area (Å²) in [5.41, 5.74) is 0.941.